The van der Waals surface area contributed by atoms with Crippen LogP contribution in [0.25, 0.3) is 0 Å². The number of hydrogen-bond acceptors (Lipinski definition) is 1. The predicted molar refractivity (Wildman–Crippen MR) is 55.2 cm³/mol. The van der Waals surface area contributed by atoms with Crippen molar-refractivity contribution in [3.8, 4) is 0 Å². The van der Waals surface area contributed by atoms with E-state index in [4.69, 9.17) is 0 Å². The third-order valence-electron chi connectivity index (χ3n) is 3.76. The average molecular weight is 173 g/mol. The van der Waals surface area contributed by atoms with Crippen LogP contribution >= 0.6 is 0 Å². The smallest absolute Gasteiger partial charge is 0.0409 e. The van der Waals surface area contributed by atoms with E-state index in [1.165, 1.54) is 37.1 Å². The summed E-state index contributed by atoms with van der Waals surface area (Å²) in [4.78, 5) is 0. The molecule has 1 fully saturated rings. The molecule has 0 unspecified atom stereocenters. The monoisotopic (exact) mass is 173 g/mol. The van der Waals surface area contributed by atoms with E-state index in [-0.39, 0.29) is 0 Å². The lowest BCUT2D eigenvalue weighted by Gasteiger charge is -2.38. The van der Waals surface area contributed by atoms with E-state index >= 15 is 0 Å². The molecule has 0 bridgehead atoms. The maximum Gasteiger partial charge on any atom is 0.0409 e. The molecule has 1 heterocycles. The molecule has 1 heteroatoms. The first-order valence-electron chi connectivity index (χ1n) is 5.16. The fourth-order valence-corrected chi connectivity index (χ4v) is 2.75. The Morgan fingerprint density at radius 2 is 2.15 bits per heavy atom. The predicted octanol–water partition coefficient (Wildman–Crippen LogP) is 2.84. The van der Waals surface area contributed by atoms with E-state index in [1.54, 1.807) is 5.56 Å². The highest BCUT2D eigenvalue weighted by molar-refractivity contribution is 5.65. The molecule has 0 amide bonds. The van der Waals surface area contributed by atoms with Crippen molar-refractivity contribution in [3.63, 3.8) is 0 Å². The second kappa shape index (κ2) is 2.28. The Kier molecular flexibility index (Phi) is 1.30. The number of aryl methyl sites for hydroxylation is 1. The molecular formula is C12H15N. The highest BCUT2D eigenvalue weighted by atomic mass is 14.9. The van der Waals surface area contributed by atoms with Gasteiger partial charge in [0.05, 0.1) is 0 Å². The van der Waals surface area contributed by atoms with Crippen LogP contribution < -0.4 is 5.32 Å². The van der Waals surface area contributed by atoms with Gasteiger partial charge in [0.25, 0.3) is 0 Å². The molecule has 68 valence electrons. The zero-order valence-corrected chi connectivity index (χ0v) is 8.06. The van der Waals surface area contributed by atoms with E-state index in [0.29, 0.717) is 5.41 Å². The van der Waals surface area contributed by atoms with Gasteiger partial charge in [-0.3, -0.25) is 0 Å². The summed E-state index contributed by atoms with van der Waals surface area (Å²) in [6, 6.07) is 6.70. The minimum atomic E-state index is 0.529. The Balaban J connectivity index is 2.16. The molecular weight excluding hydrogens is 158 g/mol. The number of nitrogens with one attached hydrogen (secondary N) is 1. The van der Waals surface area contributed by atoms with E-state index in [2.05, 4.69) is 30.4 Å². The van der Waals surface area contributed by atoms with E-state index in [0.717, 1.165) is 0 Å². The summed E-state index contributed by atoms with van der Waals surface area (Å²) >= 11 is 0. The molecule has 0 radical (unpaired) electrons. The summed E-state index contributed by atoms with van der Waals surface area (Å²) < 4.78 is 0. The van der Waals surface area contributed by atoms with Crippen LogP contribution in [0.15, 0.2) is 18.2 Å². The Labute approximate surface area is 79.2 Å². The lowest BCUT2D eigenvalue weighted by Crippen LogP contribution is -2.35. The number of para-hydroxylation sites is 1. The van der Waals surface area contributed by atoms with Gasteiger partial charge >= 0.3 is 0 Å². The Hall–Kier alpha value is -0.980. The van der Waals surface area contributed by atoms with Crippen LogP contribution in [0, 0.1) is 6.92 Å². The molecule has 1 saturated carbocycles. The van der Waals surface area contributed by atoms with Gasteiger partial charge in [-0.2, -0.15) is 0 Å². The minimum absolute atomic E-state index is 0.529. The molecule has 1 aliphatic carbocycles. The molecule has 1 aromatic rings. The van der Waals surface area contributed by atoms with Crippen molar-refractivity contribution in [1.82, 2.24) is 0 Å². The van der Waals surface area contributed by atoms with E-state index in [9.17, 15) is 0 Å². The Morgan fingerprint density at radius 1 is 1.31 bits per heavy atom. The summed E-state index contributed by atoms with van der Waals surface area (Å²) in [6.45, 7) is 3.37. The van der Waals surface area contributed by atoms with Crippen LogP contribution in [0.3, 0.4) is 0 Å². The summed E-state index contributed by atoms with van der Waals surface area (Å²) in [5, 5.41) is 3.56. The van der Waals surface area contributed by atoms with Gasteiger partial charge < -0.3 is 5.32 Å². The lowest BCUT2D eigenvalue weighted by atomic mass is 9.65. The molecule has 1 nitrogen and oxygen atoms in total. The molecule has 0 aromatic heterocycles. The summed E-state index contributed by atoms with van der Waals surface area (Å²) in [5.74, 6) is 0. The van der Waals surface area contributed by atoms with Gasteiger partial charge in [0.1, 0.15) is 0 Å². The molecule has 1 aromatic carbocycles. The van der Waals surface area contributed by atoms with Gasteiger partial charge in [-0.25, -0.2) is 0 Å². The van der Waals surface area contributed by atoms with Crippen molar-refractivity contribution in [2.45, 2.75) is 31.6 Å². The van der Waals surface area contributed by atoms with Crippen LogP contribution in [0.5, 0.6) is 0 Å². The zero-order valence-electron chi connectivity index (χ0n) is 8.06. The van der Waals surface area contributed by atoms with Crippen molar-refractivity contribution in [1.29, 1.82) is 0 Å². The quantitative estimate of drug-likeness (QED) is 0.636. The topological polar surface area (TPSA) is 12.0 Å². The van der Waals surface area contributed by atoms with Crippen molar-refractivity contribution >= 4 is 5.69 Å². The highest BCUT2D eigenvalue weighted by Crippen LogP contribution is 2.50. The second-order valence-electron chi connectivity index (χ2n) is 4.48. The molecule has 2 aliphatic rings. The standard InChI is InChI=1S/C12H15N/c1-9-4-2-5-10-11(9)13-8-12(10)6-3-7-12/h2,4-5,13H,3,6-8H2,1H3. The lowest BCUT2D eigenvalue weighted by molar-refractivity contribution is 0.272. The zero-order chi connectivity index (χ0) is 8.89. The maximum atomic E-state index is 3.56. The van der Waals surface area contributed by atoms with E-state index < -0.39 is 0 Å². The fraction of sp³-hybridized carbons (Fsp3) is 0.500. The number of benzene rings is 1. The second-order valence-corrected chi connectivity index (χ2v) is 4.48. The highest BCUT2D eigenvalue weighted by Gasteiger charge is 2.43. The van der Waals surface area contributed by atoms with Crippen molar-refractivity contribution in [2.24, 2.45) is 0 Å². The van der Waals surface area contributed by atoms with Gasteiger partial charge in [-0.05, 0) is 30.9 Å². The summed E-state index contributed by atoms with van der Waals surface area (Å²) in [5.41, 5.74) is 4.93. The SMILES string of the molecule is Cc1cccc2c1NCC21CCC1. The average Bonchev–Trinajstić information content (AvgIpc) is 2.44. The molecule has 1 aliphatic heterocycles. The molecule has 1 N–H and O–H groups in total. The Bertz CT molecular complexity index is 350. The number of rotatable bonds is 0. The molecule has 13 heavy (non-hydrogen) atoms. The van der Waals surface area contributed by atoms with Gasteiger partial charge in [0.15, 0.2) is 0 Å². The molecule has 0 atom stereocenters. The number of fused-ring (bicyclic) bond motifs is 2. The number of anilines is 1. The van der Waals surface area contributed by atoms with Crippen molar-refractivity contribution in [2.75, 3.05) is 11.9 Å². The minimum Gasteiger partial charge on any atom is -0.384 e. The largest absolute Gasteiger partial charge is 0.384 e. The first kappa shape index (κ1) is 7.43. The maximum absolute atomic E-state index is 3.56. The van der Waals surface area contributed by atoms with Crippen LogP contribution in [-0.4, -0.2) is 6.54 Å². The van der Waals surface area contributed by atoms with Gasteiger partial charge in [-0.15, -0.1) is 0 Å². The third-order valence-corrected chi connectivity index (χ3v) is 3.76. The van der Waals surface area contributed by atoms with Gasteiger partial charge in [0, 0.05) is 17.6 Å². The fourth-order valence-electron chi connectivity index (χ4n) is 2.75. The first-order chi connectivity index (χ1) is 6.32. The van der Waals surface area contributed by atoms with Crippen LogP contribution in [0.2, 0.25) is 0 Å². The summed E-state index contributed by atoms with van der Waals surface area (Å²) in [6.07, 6.45) is 4.18. The third kappa shape index (κ3) is 0.822. The van der Waals surface area contributed by atoms with E-state index in [1.807, 2.05) is 0 Å². The van der Waals surface area contributed by atoms with Gasteiger partial charge in [0.2, 0.25) is 0 Å². The molecule has 3 rings (SSSR count). The van der Waals surface area contributed by atoms with Crippen LogP contribution in [0.1, 0.15) is 30.4 Å². The summed E-state index contributed by atoms with van der Waals surface area (Å²) in [7, 11) is 0. The van der Waals surface area contributed by atoms with Crippen LogP contribution in [-0.2, 0) is 5.41 Å². The van der Waals surface area contributed by atoms with Crippen molar-refractivity contribution in [3.05, 3.63) is 29.3 Å². The molecule has 0 saturated heterocycles. The first-order valence-corrected chi connectivity index (χ1v) is 5.16. The molecule has 1 spiro atoms. The Morgan fingerprint density at radius 3 is 2.85 bits per heavy atom. The van der Waals surface area contributed by atoms with Crippen molar-refractivity contribution < 1.29 is 0 Å². The normalized spacial score (nSPS) is 22.2. The number of hydrogen-bond donors (Lipinski definition) is 1. The van der Waals surface area contributed by atoms with Gasteiger partial charge in [-0.1, -0.05) is 24.6 Å². The van der Waals surface area contributed by atoms with Crippen LogP contribution in [0.4, 0.5) is 5.69 Å².